The molecule has 1 heterocycles. The van der Waals surface area contributed by atoms with E-state index in [2.05, 4.69) is 15.5 Å². The van der Waals surface area contributed by atoms with E-state index in [0.29, 0.717) is 16.9 Å². The zero-order valence-electron chi connectivity index (χ0n) is 13.8. The van der Waals surface area contributed by atoms with E-state index >= 15 is 0 Å². The molecule has 0 fully saturated rings. The van der Waals surface area contributed by atoms with Crippen molar-refractivity contribution in [3.8, 4) is 11.3 Å². The van der Waals surface area contributed by atoms with Gasteiger partial charge in [-0.05, 0) is 12.1 Å². The van der Waals surface area contributed by atoms with Gasteiger partial charge in [-0.2, -0.15) is 31.4 Å². The van der Waals surface area contributed by atoms with E-state index in [-0.39, 0.29) is 6.07 Å². The number of benzene rings is 2. The predicted octanol–water partition coefficient (Wildman–Crippen LogP) is 6.29. The first-order valence-electron chi connectivity index (χ1n) is 7.73. The number of anilines is 1. The van der Waals surface area contributed by atoms with Crippen LogP contribution in [0.25, 0.3) is 11.3 Å². The molecule has 3 rings (SSSR count). The van der Waals surface area contributed by atoms with Crippen LogP contribution in [0.15, 0.2) is 59.0 Å². The van der Waals surface area contributed by atoms with E-state index in [1.165, 1.54) is 11.3 Å². The molecule has 0 amide bonds. The van der Waals surface area contributed by atoms with Crippen LogP contribution in [0.2, 0.25) is 0 Å². The molecule has 3 aromatic rings. The third-order valence-corrected chi connectivity index (χ3v) is 4.37. The second kappa shape index (κ2) is 7.63. The molecule has 0 radical (unpaired) electrons. The first-order chi connectivity index (χ1) is 13.1. The van der Waals surface area contributed by atoms with Crippen LogP contribution in [0.5, 0.6) is 0 Å². The Morgan fingerprint density at radius 2 is 1.64 bits per heavy atom. The number of rotatable bonds is 4. The first kappa shape index (κ1) is 19.9. The Bertz CT molecular complexity index is 977. The molecule has 0 atom stereocenters. The van der Waals surface area contributed by atoms with Crippen LogP contribution in [0, 0.1) is 0 Å². The van der Waals surface area contributed by atoms with Crippen molar-refractivity contribution in [3.63, 3.8) is 0 Å². The third kappa shape index (κ3) is 4.69. The van der Waals surface area contributed by atoms with Crippen LogP contribution in [-0.4, -0.2) is 11.2 Å². The van der Waals surface area contributed by atoms with Crippen molar-refractivity contribution in [1.82, 2.24) is 4.98 Å². The summed E-state index contributed by atoms with van der Waals surface area (Å²) in [5.41, 5.74) is 0.725. The molecule has 0 saturated carbocycles. The first-order valence-corrected chi connectivity index (χ1v) is 8.61. The summed E-state index contributed by atoms with van der Waals surface area (Å²) in [4.78, 5) is 4.25. The van der Waals surface area contributed by atoms with Gasteiger partial charge < -0.3 is 0 Å². The molecule has 0 bridgehead atoms. The summed E-state index contributed by atoms with van der Waals surface area (Å²) in [6.07, 6.45) is -9.01. The van der Waals surface area contributed by atoms with Crippen molar-refractivity contribution in [2.45, 2.75) is 12.4 Å². The van der Waals surface area contributed by atoms with Gasteiger partial charge in [-0.3, -0.25) is 5.43 Å². The predicted molar refractivity (Wildman–Crippen MR) is 95.2 cm³/mol. The van der Waals surface area contributed by atoms with Crippen LogP contribution in [0.3, 0.4) is 0 Å². The molecule has 2 aromatic carbocycles. The van der Waals surface area contributed by atoms with Gasteiger partial charge in [0.1, 0.15) is 0 Å². The quantitative estimate of drug-likeness (QED) is 0.309. The van der Waals surface area contributed by atoms with Gasteiger partial charge in [0.15, 0.2) is 0 Å². The summed E-state index contributed by atoms with van der Waals surface area (Å²) in [6, 6.07) is 10.6. The number of aromatic nitrogens is 1. The van der Waals surface area contributed by atoms with Crippen LogP contribution < -0.4 is 5.43 Å². The molecular weight excluding hydrogens is 404 g/mol. The normalized spacial score (nSPS) is 12.5. The highest BCUT2D eigenvalue weighted by molar-refractivity contribution is 7.14. The summed E-state index contributed by atoms with van der Waals surface area (Å²) >= 11 is 1.19. The highest BCUT2D eigenvalue weighted by atomic mass is 32.1. The zero-order chi connectivity index (χ0) is 20.4. The van der Waals surface area contributed by atoms with Crippen molar-refractivity contribution in [3.05, 3.63) is 70.6 Å². The smallest absolute Gasteiger partial charge is 0.253 e. The lowest BCUT2D eigenvalue weighted by Gasteiger charge is -2.13. The van der Waals surface area contributed by atoms with E-state index in [1.807, 2.05) is 30.3 Å². The van der Waals surface area contributed by atoms with Crippen LogP contribution in [-0.2, 0) is 12.4 Å². The summed E-state index contributed by atoms with van der Waals surface area (Å²) < 4.78 is 77.3. The largest absolute Gasteiger partial charge is 0.417 e. The Hall–Kier alpha value is -2.88. The lowest BCUT2D eigenvalue weighted by Crippen LogP contribution is -2.13. The molecule has 0 aliphatic carbocycles. The number of halogens is 6. The van der Waals surface area contributed by atoms with Crippen molar-refractivity contribution in [2.24, 2.45) is 5.10 Å². The van der Waals surface area contributed by atoms with Gasteiger partial charge in [0.2, 0.25) is 5.13 Å². The maximum atomic E-state index is 13.1. The second-order valence-corrected chi connectivity index (χ2v) is 6.43. The summed E-state index contributed by atoms with van der Waals surface area (Å²) in [6.45, 7) is 0. The van der Waals surface area contributed by atoms with Gasteiger partial charge in [0.05, 0.1) is 23.0 Å². The average molecular weight is 415 g/mol. The average Bonchev–Trinajstić information content (AvgIpc) is 3.10. The fourth-order valence-corrected chi connectivity index (χ4v) is 2.98. The monoisotopic (exact) mass is 415 g/mol. The molecule has 0 aliphatic heterocycles. The van der Waals surface area contributed by atoms with Gasteiger partial charge in [0.25, 0.3) is 0 Å². The minimum atomic E-state index is -4.95. The fourth-order valence-electron chi connectivity index (χ4n) is 2.31. The molecule has 0 aliphatic rings. The summed E-state index contributed by atoms with van der Waals surface area (Å²) in [7, 11) is 0. The lowest BCUT2D eigenvalue weighted by atomic mass is 10.0. The zero-order valence-corrected chi connectivity index (χ0v) is 14.7. The van der Waals surface area contributed by atoms with Crippen molar-refractivity contribution >= 4 is 22.7 Å². The van der Waals surface area contributed by atoms with Gasteiger partial charge in [-0.1, -0.05) is 36.4 Å². The minimum Gasteiger partial charge on any atom is -0.253 e. The summed E-state index contributed by atoms with van der Waals surface area (Å²) in [5, 5.41) is 5.75. The Labute approximate surface area is 159 Å². The van der Waals surface area contributed by atoms with Gasteiger partial charge in [0, 0.05) is 16.5 Å². The van der Waals surface area contributed by atoms with Crippen LogP contribution >= 0.6 is 11.3 Å². The molecule has 28 heavy (non-hydrogen) atoms. The molecule has 10 heteroatoms. The maximum Gasteiger partial charge on any atom is 0.417 e. The number of nitrogens with one attached hydrogen (secondary N) is 1. The van der Waals surface area contributed by atoms with Gasteiger partial charge in [-0.25, -0.2) is 4.98 Å². The molecule has 1 aromatic heterocycles. The van der Waals surface area contributed by atoms with E-state index in [0.717, 1.165) is 17.8 Å². The second-order valence-electron chi connectivity index (χ2n) is 5.57. The Morgan fingerprint density at radius 3 is 2.29 bits per heavy atom. The molecule has 0 spiro atoms. The number of hydrazone groups is 1. The number of hydrogen-bond donors (Lipinski definition) is 1. The fraction of sp³-hybridized carbons (Fsp3) is 0.111. The third-order valence-electron chi connectivity index (χ3n) is 3.62. The molecule has 0 unspecified atom stereocenters. The Balaban J connectivity index is 1.80. The number of nitrogens with zero attached hydrogens (tertiary/aromatic N) is 2. The Morgan fingerprint density at radius 1 is 0.929 bits per heavy atom. The van der Waals surface area contributed by atoms with Crippen molar-refractivity contribution in [1.29, 1.82) is 0 Å². The molecular formula is C18H11F6N3S. The van der Waals surface area contributed by atoms with Crippen molar-refractivity contribution in [2.75, 3.05) is 5.43 Å². The van der Waals surface area contributed by atoms with E-state index in [1.54, 1.807) is 5.38 Å². The van der Waals surface area contributed by atoms with Gasteiger partial charge >= 0.3 is 12.4 Å². The lowest BCUT2D eigenvalue weighted by molar-refractivity contribution is -0.143. The number of thiazole rings is 1. The highest BCUT2D eigenvalue weighted by Crippen LogP contribution is 2.36. The maximum absolute atomic E-state index is 13.1. The molecule has 3 nitrogen and oxygen atoms in total. The molecule has 1 N–H and O–H groups in total. The molecule has 146 valence electrons. The minimum absolute atomic E-state index is 0.0677. The number of alkyl halides is 6. The van der Waals surface area contributed by atoms with E-state index in [4.69, 9.17) is 0 Å². The van der Waals surface area contributed by atoms with Gasteiger partial charge in [-0.15, -0.1) is 11.3 Å². The topological polar surface area (TPSA) is 37.3 Å². The summed E-state index contributed by atoms with van der Waals surface area (Å²) in [5.74, 6) is 0. The Kier molecular flexibility index (Phi) is 5.41. The van der Waals surface area contributed by atoms with Crippen LogP contribution in [0.1, 0.15) is 16.7 Å². The standard InChI is InChI=1S/C18H11F6N3S/c19-17(20,21)13-7-6-12(14(8-13)18(22,23)24)9-25-27-16-26-15(10-28-16)11-4-2-1-3-5-11/h1-10H,(H,26,27). The number of hydrogen-bond acceptors (Lipinski definition) is 4. The van der Waals surface area contributed by atoms with E-state index < -0.39 is 29.0 Å². The van der Waals surface area contributed by atoms with Crippen LogP contribution in [0.4, 0.5) is 31.5 Å². The molecule has 0 saturated heterocycles. The van der Waals surface area contributed by atoms with Crippen molar-refractivity contribution < 1.29 is 26.3 Å². The highest BCUT2D eigenvalue weighted by Gasteiger charge is 2.37. The van der Waals surface area contributed by atoms with E-state index in [9.17, 15) is 26.3 Å². The SMILES string of the molecule is FC(F)(F)c1ccc(C=NNc2nc(-c3ccccc3)cs2)c(C(F)(F)F)c1.